The lowest BCUT2D eigenvalue weighted by atomic mass is 9.78. The van der Waals surface area contributed by atoms with Crippen LogP contribution >= 0.6 is 0 Å². The van der Waals surface area contributed by atoms with Gasteiger partial charge in [-0.1, -0.05) is 89.1 Å². The van der Waals surface area contributed by atoms with Crippen molar-refractivity contribution in [2.24, 2.45) is 11.8 Å². The maximum atomic E-state index is 14.7. The number of aryl methyl sites for hydroxylation is 1. The van der Waals surface area contributed by atoms with E-state index in [0.29, 0.717) is 29.8 Å². The Morgan fingerprint density at radius 3 is 2.15 bits per heavy atom. The standard InChI is InChI=1S/C40H45F4N5O5/c1-5-23(3)33(46-32(50)21-25-13-10-11-18-30(25)41)36(51)48-39(20-19-31-28(22-39)27-16-12-17-29(35(27)45-31)40(42,43)44)38(53)47-34(24(4)6-2)37(52)49-54-26-14-8-7-9-15-26/h7-18,23-24,33-34,45H,5-6,19-22H2,1-4H3,(H,46,50)(H,47,53)(H,48,51)(H,49,52)/t23?,24-,33-,34?,39+/m0/s1. The van der Waals surface area contributed by atoms with E-state index in [4.69, 9.17) is 4.84 Å². The molecule has 14 heteroatoms. The van der Waals surface area contributed by atoms with Crippen molar-refractivity contribution in [1.29, 1.82) is 0 Å². The van der Waals surface area contributed by atoms with Crippen LogP contribution in [-0.4, -0.2) is 46.2 Å². The number of hydrogen-bond donors (Lipinski definition) is 5. The topological polar surface area (TPSA) is 141 Å². The number of rotatable bonds is 14. The highest BCUT2D eigenvalue weighted by Crippen LogP contribution is 2.40. The monoisotopic (exact) mass is 751 g/mol. The van der Waals surface area contributed by atoms with E-state index in [0.717, 1.165) is 6.07 Å². The van der Waals surface area contributed by atoms with Crippen LogP contribution in [0.15, 0.2) is 72.8 Å². The van der Waals surface area contributed by atoms with Crippen LogP contribution in [0, 0.1) is 17.7 Å². The highest BCUT2D eigenvalue weighted by atomic mass is 19.4. The molecular formula is C40H45F4N5O5. The number of para-hydroxylation sites is 2. The van der Waals surface area contributed by atoms with Crippen molar-refractivity contribution in [3.63, 3.8) is 0 Å². The quantitative estimate of drug-likeness (QED) is 0.0785. The molecule has 5 N–H and O–H groups in total. The van der Waals surface area contributed by atoms with Crippen molar-refractivity contribution in [3.05, 3.63) is 101 Å². The van der Waals surface area contributed by atoms with E-state index in [1.165, 1.54) is 30.3 Å². The number of alkyl halides is 3. The van der Waals surface area contributed by atoms with Crippen molar-refractivity contribution >= 4 is 34.5 Å². The highest BCUT2D eigenvalue weighted by molar-refractivity contribution is 5.98. The third-order valence-corrected chi connectivity index (χ3v) is 10.3. The van der Waals surface area contributed by atoms with Gasteiger partial charge in [0.2, 0.25) is 17.7 Å². The Hall–Kier alpha value is -5.40. The summed E-state index contributed by atoms with van der Waals surface area (Å²) in [5.41, 5.74) is 0.670. The minimum atomic E-state index is -4.65. The number of aromatic amines is 1. The molecule has 0 bridgehead atoms. The molecule has 2 unspecified atom stereocenters. The molecule has 0 saturated heterocycles. The van der Waals surface area contributed by atoms with E-state index in [2.05, 4.69) is 26.4 Å². The molecule has 54 heavy (non-hydrogen) atoms. The SMILES string of the molecule is CCC(C)[C@H](NC(=O)Cc1ccccc1F)C(=O)N[C@]1(C(=O)NC(C(=O)NOc2ccccc2)[C@@H](C)CC)CCc2[nH]c3c(C(F)(F)F)cccc3c2C1. The summed E-state index contributed by atoms with van der Waals surface area (Å²) < 4.78 is 56.5. The summed E-state index contributed by atoms with van der Waals surface area (Å²) in [4.78, 5) is 64.1. The Balaban J connectivity index is 1.49. The normalized spacial score (nSPS) is 17.7. The Kier molecular flexibility index (Phi) is 12.3. The average Bonchev–Trinajstić information content (AvgIpc) is 3.52. The molecule has 0 radical (unpaired) electrons. The van der Waals surface area contributed by atoms with E-state index < -0.39 is 70.6 Å². The van der Waals surface area contributed by atoms with Crippen molar-refractivity contribution in [2.45, 2.75) is 90.0 Å². The Morgan fingerprint density at radius 1 is 0.852 bits per heavy atom. The van der Waals surface area contributed by atoms with E-state index in [9.17, 15) is 36.7 Å². The van der Waals surface area contributed by atoms with Gasteiger partial charge in [0.25, 0.3) is 5.91 Å². The van der Waals surface area contributed by atoms with Gasteiger partial charge in [-0.2, -0.15) is 18.7 Å². The van der Waals surface area contributed by atoms with Crippen molar-refractivity contribution in [2.75, 3.05) is 0 Å². The maximum absolute atomic E-state index is 14.7. The zero-order valence-corrected chi connectivity index (χ0v) is 30.5. The number of nitrogens with one attached hydrogen (secondary N) is 5. The minimum absolute atomic E-state index is 0.0441. The Labute approximate surface area is 310 Å². The summed E-state index contributed by atoms with van der Waals surface area (Å²) in [6, 6.07) is 15.8. The van der Waals surface area contributed by atoms with Gasteiger partial charge in [0.15, 0.2) is 5.75 Å². The van der Waals surface area contributed by atoms with Crippen LogP contribution in [0.4, 0.5) is 17.6 Å². The Morgan fingerprint density at radius 2 is 1.50 bits per heavy atom. The molecule has 4 aromatic rings. The fourth-order valence-corrected chi connectivity index (χ4v) is 6.76. The third kappa shape index (κ3) is 8.86. The first kappa shape index (κ1) is 39.8. The van der Waals surface area contributed by atoms with E-state index in [1.54, 1.807) is 50.2 Å². The van der Waals surface area contributed by atoms with Crippen LogP contribution in [0.1, 0.15) is 69.3 Å². The number of hydroxylamine groups is 1. The molecule has 4 amide bonds. The second-order valence-electron chi connectivity index (χ2n) is 14.0. The highest BCUT2D eigenvalue weighted by Gasteiger charge is 2.47. The smallest absolute Gasteiger partial charge is 0.379 e. The second kappa shape index (κ2) is 16.7. The summed E-state index contributed by atoms with van der Waals surface area (Å²) in [7, 11) is 0. The summed E-state index contributed by atoms with van der Waals surface area (Å²) >= 11 is 0. The minimum Gasteiger partial charge on any atom is -0.379 e. The summed E-state index contributed by atoms with van der Waals surface area (Å²) in [6.45, 7) is 7.16. The molecule has 1 heterocycles. The van der Waals surface area contributed by atoms with Crippen molar-refractivity contribution in [1.82, 2.24) is 26.4 Å². The summed E-state index contributed by atoms with van der Waals surface area (Å²) in [5.74, 6) is -3.78. The molecule has 1 aliphatic rings. The molecule has 5 rings (SSSR count). The van der Waals surface area contributed by atoms with Crippen LogP contribution in [-0.2, 0) is 44.6 Å². The van der Waals surface area contributed by atoms with Gasteiger partial charge in [0, 0.05) is 17.5 Å². The van der Waals surface area contributed by atoms with Crippen LogP contribution in [0.3, 0.4) is 0 Å². The third-order valence-electron chi connectivity index (χ3n) is 10.3. The summed E-state index contributed by atoms with van der Waals surface area (Å²) in [5, 5.41) is 8.67. The maximum Gasteiger partial charge on any atom is 0.418 e. The largest absolute Gasteiger partial charge is 0.418 e. The number of fused-ring (bicyclic) bond motifs is 3. The molecule has 1 aromatic heterocycles. The molecule has 10 nitrogen and oxygen atoms in total. The zero-order valence-electron chi connectivity index (χ0n) is 30.5. The number of amides is 4. The zero-order chi connectivity index (χ0) is 39.2. The number of halogens is 4. The van der Waals surface area contributed by atoms with E-state index in [-0.39, 0.29) is 42.1 Å². The number of H-pyrrole nitrogens is 1. The number of benzene rings is 3. The van der Waals surface area contributed by atoms with Crippen molar-refractivity contribution in [3.8, 4) is 5.75 Å². The van der Waals surface area contributed by atoms with Gasteiger partial charge < -0.3 is 25.8 Å². The fraction of sp³-hybridized carbons (Fsp3) is 0.400. The molecule has 0 fully saturated rings. The summed E-state index contributed by atoms with van der Waals surface area (Å²) in [6.07, 6.45) is -4.25. The van der Waals surface area contributed by atoms with Gasteiger partial charge in [-0.3, -0.25) is 19.2 Å². The molecular weight excluding hydrogens is 706 g/mol. The van der Waals surface area contributed by atoms with Gasteiger partial charge in [0.1, 0.15) is 23.4 Å². The van der Waals surface area contributed by atoms with Gasteiger partial charge in [-0.05, 0) is 60.1 Å². The molecule has 288 valence electrons. The first-order valence-corrected chi connectivity index (χ1v) is 18.0. The number of hydrogen-bond acceptors (Lipinski definition) is 5. The second-order valence-corrected chi connectivity index (χ2v) is 14.0. The van der Waals surface area contributed by atoms with E-state index >= 15 is 0 Å². The van der Waals surface area contributed by atoms with Gasteiger partial charge in [-0.25, -0.2) is 4.39 Å². The fourth-order valence-electron chi connectivity index (χ4n) is 6.76. The predicted molar refractivity (Wildman–Crippen MR) is 194 cm³/mol. The lowest BCUT2D eigenvalue weighted by Crippen LogP contribution is -2.67. The Bertz CT molecular complexity index is 1980. The van der Waals surface area contributed by atoms with Crippen LogP contribution in [0.2, 0.25) is 0 Å². The average molecular weight is 752 g/mol. The lowest BCUT2D eigenvalue weighted by molar-refractivity contribution is -0.140. The molecule has 3 aromatic carbocycles. The molecule has 0 saturated carbocycles. The number of carbonyl (C=O) groups excluding carboxylic acids is 4. The lowest BCUT2D eigenvalue weighted by Gasteiger charge is -2.39. The van der Waals surface area contributed by atoms with Crippen LogP contribution < -0.4 is 26.3 Å². The van der Waals surface area contributed by atoms with E-state index in [1.807, 2.05) is 13.8 Å². The van der Waals surface area contributed by atoms with Crippen LogP contribution in [0.25, 0.3) is 10.9 Å². The van der Waals surface area contributed by atoms with Gasteiger partial charge in [0.05, 0.1) is 17.5 Å². The van der Waals surface area contributed by atoms with Crippen molar-refractivity contribution < 1.29 is 41.6 Å². The van der Waals surface area contributed by atoms with Gasteiger partial charge >= 0.3 is 6.18 Å². The predicted octanol–water partition coefficient (Wildman–Crippen LogP) is 6.08. The first-order valence-electron chi connectivity index (χ1n) is 18.0. The molecule has 0 spiro atoms. The molecule has 1 aliphatic carbocycles. The number of carbonyl (C=O) groups is 4. The van der Waals surface area contributed by atoms with Crippen LogP contribution in [0.5, 0.6) is 5.75 Å². The first-order chi connectivity index (χ1) is 25.7. The molecule has 0 aliphatic heterocycles. The van der Waals surface area contributed by atoms with Gasteiger partial charge in [-0.15, -0.1) is 0 Å². The number of aromatic nitrogens is 1. The molecule has 5 atom stereocenters.